The molecule has 1 atom stereocenters. The third-order valence-electron chi connectivity index (χ3n) is 7.65. The molecule has 230 valence electrons. The van der Waals surface area contributed by atoms with Gasteiger partial charge in [0.1, 0.15) is 18.3 Å². The Kier molecular flexibility index (Phi) is 11.5. The lowest BCUT2D eigenvalue weighted by Crippen LogP contribution is -2.54. The summed E-state index contributed by atoms with van der Waals surface area (Å²) in [4.78, 5) is 29.3. The molecule has 2 amide bonds. The molecule has 3 aromatic rings. The van der Waals surface area contributed by atoms with Crippen LogP contribution in [0.2, 0.25) is 5.02 Å². The Hall–Kier alpha value is -3.56. The molecular formula is C33H40ClN3O5S. The summed E-state index contributed by atoms with van der Waals surface area (Å²) in [5, 5.41) is 3.72. The molecule has 0 bridgehead atoms. The number of carbonyl (C=O) groups excluding carboxylic acids is 2. The van der Waals surface area contributed by atoms with Gasteiger partial charge in [0.05, 0.1) is 17.2 Å². The second-order valence-corrected chi connectivity index (χ2v) is 13.0. The van der Waals surface area contributed by atoms with E-state index in [4.69, 9.17) is 16.3 Å². The molecule has 1 saturated carbocycles. The Morgan fingerprint density at radius 3 is 2.19 bits per heavy atom. The van der Waals surface area contributed by atoms with E-state index < -0.39 is 28.5 Å². The van der Waals surface area contributed by atoms with Gasteiger partial charge in [-0.3, -0.25) is 13.9 Å². The first-order valence-electron chi connectivity index (χ1n) is 14.9. The van der Waals surface area contributed by atoms with Gasteiger partial charge in [-0.05, 0) is 80.3 Å². The van der Waals surface area contributed by atoms with E-state index in [0.717, 1.165) is 42.0 Å². The first-order chi connectivity index (χ1) is 20.7. The van der Waals surface area contributed by atoms with E-state index in [2.05, 4.69) is 5.32 Å². The molecule has 4 rings (SSSR count). The van der Waals surface area contributed by atoms with E-state index in [1.54, 1.807) is 66.7 Å². The average molecular weight is 626 g/mol. The first-order valence-corrected chi connectivity index (χ1v) is 16.7. The molecule has 0 spiro atoms. The second-order valence-electron chi connectivity index (χ2n) is 10.7. The summed E-state index contributed by atoms with van der Waals surface area (Å²) in [7, 11) is -4.16. The van der Waals surface area contributed by atoms with Crippen molar-refractivity contribution in [2.24, 2.45) is 0 Å². The minimum absolute atomic E-state index is 0.0268. The number of amides is 2. The fraction of sp³-hybridized carbons (Fsp3) is 0.394. The lowest BCUT2D eigenvalue weighted by atomic mass is 9.95. The molecule has 3 aromatic carbocycles. The number of ether oxygens (including phenoxy) is 1. The van der Waals surface area contributed by atoms with Gasteiger partial charge < -0.3 is 15.0 Å². The van der Waals surface area contributed by atoms with E-state index in [0.29, 0.717) is 29.5 Å². The van der Waals surface area contributed by atoms with E-state index >= 15 is 0 Å². The first kappa shape index (κ1) is 32.4. The molecular weight excluding hydrogens is 586 g/mol. The number of nitrogens with zero attached hydrogens (tertiary/aromatic N) is 2. The lowest BCUT2D eigenvalue weighted by molar-refractivity contribution is -0.140. The molecule has 1 aliphatic carbocycles. The Bertz CT molecular complexity index is 1440. The van der Waals surface area contributed by atoms with E-state index in [1.807, 2.05) is 13.8 Å². The molecule has 1 fully saturated rings. The van der Waals surface area contributed by atoms with Gasteiger partial charge in [0, 0.05) is 17.6 Å². The molecule has 10 heteroatoms. The minimum atomic E-state index is -4.16. The van der Waals surface area contributed by atoms with Crippen molar-refractivity contribution in [3.63, 3.8) is 0 Å². The summed E-state index contributed by atoms with van der Waals surface area (Å²) in [5.41, 5.74) is 1.12. The average Bonchev–Trinajstić information content (AvgIpc) is 3.02. The number of rotatable bonds is 13. The SMILES string of the molecule is CCOc1ccc(S(=O)(=O)N(CC(=O)N(Cc2ccc(Cl)cc2)[C@H](CC)C(=O)NC2CCCCC2)c2ccccc2)cc1. The number of carbonyl (C=O) groups is 2. The van der Waals surface area contributed by atoms with Gasteiger partial charge in [0.15, 0.2) is 0 Å². The quantitative estimate of drug-likeness (QED) is 0.244. The van der Waals surface area contributed by atoms with E-state index in [9.17, 15) is 18.0 Å². The molecule has 0 radical (unpaired) electrons. The predicted octanol–water partition coefficient (Wildman–Crippen LogP) is 6.19. The molecule has 1 N–H and O–H groups in total. The van der Waals surface area contributed by atoms with E-state index in [1.165, 1.54) is 17.0 Å². The van der Waals surface area contributed by atoms with Crippen LogP contribution < -0.4 is 14.4 Å². The van der Waals surface area contributed by atoms with Crippen molar-refractivity contribution in [1.82, 2.24) is 10.2 Å². The largest absolute Gasteiger partial charge is 0.494 e. The summed E-state index contributed by atoms with van der Waals surface area (Å²) in [6.45, 7) is 3.80. The maximum atomic E-state index is 14.2. The van der Waals surface area contributed by atoms with Gasteiger partial charge in [-0.2, -0.15) is 0 Å². The van der Waals surface area contributed by atoms with Crippen molar-refractivity contribution in [2.45, 2.75) is 75.9 Å². The number of sulfonamides is 1. The fourth-order valence-corrected chi connectivity index (χ4v) is 6.92. The normalized spacial score (nSPS) is 14.5. The number of nitrogens with one attached hydrogen (secondary N) is 1. The number of anilines is 1. The fourth-order valence-electron chi connectivity index (χ4n) is 5.38. The minimum Gasteiger partial charge on any atom is -0.494 e. The zero-order chi connectivity index (χ0) is 30.8. The van der Waals surface area contributed by atoms with Crippen molar-refractivity contribution in [3.8, 4) is 5.75 Å². The van der Waals surface area contributed by atoms with Crippen molar-refractivity contribution < 1.29 is 22.7 Å². The van der Waals surface area contributed by atoms with Crippen molar-refractivity contribution in [1.29, 1.82) is 0 Å². The Morgan fingerprint density at radius 2 is 1.58 bits per heavy atom. The van der Waals surface area contributed by atoms with Crippen LogP contribution in [0.5, 0.6) is 5.75 Å². The Balaban J connectivity index is 1.67. The number of benzene rings is 3. The number of para-hydroxylation sites is 1. The highest BCUT2D eigenvalue weighted by Crippen LogP contribution is 2.26. The Morgan fingerprint density at radius 1 is 0.930 bits per heavy atom. The standard InChI is InChI=1S/C33H40ClN3O5S/c1-3-31(33(39)35-27-11-7-5-8-12-27)36(23-25-15-17-26(34)18-16-25)32(38)24-37(28-13-9-6-10-14-28)43(40,41)30-21-19-29(20-22-30)42-4-2/h6,9-10,13-22,27,31H,3-5,7-8,11-12,23-24H2,1-2H3,(H,35,39)/t31-/m1/s1. The summed E-state index contributed by atoms with van der Waals surface area (Å²) in [6, 6.07) is 21.0. The summed E-state index contributed by atoms with van der Waals surface area (Å²) < 4.78 is 34.6. The monoisotopic (exact) mass is 625 g/mol. The maximum absolute atomic E-state index is 14.2. The smallest absolute Gasteiger partial charge is 0.264 e. The molecule has 0 saturated heterocycles. The highest BCUT2D eigenvalue weighted by molar-refractivity contribution is 7.92. The molecule has 0 heterocycles. The predicted molar refractivity (Wildman–Crippen MR) is 170 cm³/mol. The highest BCUT2D eigenvalue weighted by atomic mass is 35.5. The topological polar surface area (TPSA) is 96.0 Å². The van der Waals surface area contributed by atoms with Crippen LogP contribution in [0.3, 0.4) is 0 Å². The van der Waals surface area contributed by atoms with Crippen LogP contribution in [0.15, 0.2) is 83.8 Å². The van der Waals surface area contributed by atoms with Crippen LogP contribution in [0.4, 0.5) is 5.69 Å². The number of halogens is 1. The molecule has 8 nitrogen and oxygen atoms in total. The lowest BCUT2D eigenvalue weighted by Gasteiger charge is -2.34. The van der Waals surface area contributed by atoms with E-state index in [-0.39, 0.29) is 23.4 Å². The van der Waals surface area contributed by atoms with Crippen molar-refractivity contribution >= 4 is 39.1 Å². The third kappa shape index (κ3) is 8.51. The molecule has 0 aromatic heterocycles. The van der Waals surface area contributed by atoms with Crippen LogP contribution in [-0.2, 0) is 26.2 Å². The van der Waals surface area contributed by atoms with Crippen LogP contribution in [0.25, 0.3) is 0 Å². The molecule has 43 heavy (non-hydrogen) atoms. The van der Waals surface area contributed by atoms with Crippen molar-refractivity contribution in [3.05, 3.63) is 89.4 Å². The van der Waals surface area contributed by atoms with Gasteiger partial charge in [-0.15, -0.1) is 0 Å². The van der Waals surface area contributed by atoms with Crippen LogP contribution in [0, 0.1) is 0 Å². The zero-order valence-electron chi connectivity index (χ0n) is 24.7. The molecule has 1 aliphatic rings. The summed E-state index contributed by atoms with van der Waals surface area (Å²) in [5.74, 6) is -0.163. The van der Waals surface area contributed by atoms with Crippen LogP contribution >= 0.6 is 11.6 Å². The second kappa shape index (κ2) is 15.3. The van der Waals surface area contributed by atoms with Gasteiger partial charge in [-0.1, -0.05) is 68.1 Å². The highest BCUT2D eigenvalue weighted by Gasteiger charge is 2.34. The molecule has 0 aliphatic heterocycles. The number of hydrogen-bond acceptors (Lipinski definition) is 5. The maximum Gasteiger partial charge on any atom is 0.264 e. The van der Waals surface area contributed by atoms with Gasteiger partial charge in [0.2, 0.25) is 11.8 Å². The zero-order valence-corrected chi connectivity index (χ0v) is 26.3. The summed E-state index contributed by atoms with van der Waals surface area (Å²) in [6.07, 6.45) is 5.47. The van der Waals surface area contributed by atoms with Gasteiger partial charge in [-0.25, -0.2) is 8.42 Å². The van der Waals surface area contributed by atoms with Gasteiger partial charge in [0.25, 0.3) is 10.0 Å². The third-order valence-corrected chi connectivity index (χ3v) is 9.69. The van der Waals surface area contributed by atoms with Crippen molar-refractivity contribution in [2.75, 3.05) is 17.5 Å². The number of hydrogen-bond donors (Lipinski definition) is 1. The Labute approximate surface area is 260 Å². The van der Waals surface area contributed by atoms with Crippen LogP contribution in [0.1, 0.15) is 57.9 Å². The van der Waals surface area contributed by atoms with Crippen LogP contribution in [-0.4, -0.2) is 50.4 Å². The molecule has 0 unspecified atom stereocenters. The summed E-state index contributed by atoms with van der Waals surface area (Å²) >= 11 is 6.11. The van der Waals surface area contributed by atoms with Gasteiger partial charge >= 0.3 is 0 Å².